The molecule has 14 heteroatoms. The molecule has 1 aliphatic rings. The maximum absolute atomic E-state index is 14.9. The predicted molar refractivity (Wildman–Crippen MR) is 121 cm³/mol. The Hall–Kier alpha value is -3.00. The first-order valence-corrected chi connectivity index (χ1v) is 10.7. The van der Waals surface area contributed by atoms with E-state index in [0.717, 1.165) is 16.0 Å². The second kappa shape index (κ2) is 12.5. The first kappa shape index (κ1) is 27.2. The van der Waals surface area contributed by atoms with Gasteiger partial charge < -0.3 is 15.0 Å². The molecule has 34 heavy (non-hydrogen) atoms. The summed E-state index contributed by atoms with van der Waals surface area (Å²) in [6.45, 7) is 2.19. The van der Waals surface area contributed by atoms with Gasteiger partial charge in [-0.15, -0.1) is 12.6 Å². The SMILES string of the molecule is CCN(CCN(OC)C(=O)CC(=N)S)c1ccc(N2C[C@H](CNC(=O)C(F)F)OC2=O)cc1F. The van der Waals surface area contributed by atoms with Gasteiger partial charge in [0.15, 0.2) is 0 Å². The molecule has 0 saturated carbocycles. The lowest BCUT2D eigenvalue weighted by Gasteiger charge is -2.27. The van der Waals surface area contributed by atoms with Gasteiger partial charge in [0.05, 0.1) is 49.6 Å². The van der Waals surface area contributed by atoms with Crippen LogP contribution in [0.1, 0.15) is 13.3 Å². The van der Waals surface area contributed by atoms with Crippen LogP contribution >= 0.6 is 12.6 Å². The third-order valence-electron chi connectivity index (χ3n) is 4.93. The van der Waals surface area contributed by atoms with Crippen molar-refractivity contribution in [2.75, 3.05) is 49.6 Å². The number of rotatable bonds is 12. The van der Waals surface area contributed by atoms with Gasteiger partial charge in [-0.2, -0.15) is 8.78 Å². The molecule has 1 aromatic carbocycles. The van der Waals surface area contributed by atoms with Gasteiger partial charge in [0.1, 0.15) is 11.9 Å². The van der Waals surface area contributed by atoms with Crippen LogP contribution in [-0.4, -0.2) is 80.4 Å². The minimum Gasteiger partial charge on any atom is -0.442 e. The molecule has 0 radical (unpaired) electrons. The number of hydroxylamine groups is 2. The summed E-state index contributed by atoms with van der Waals surface area (Å²) in [4.78, 5) is 43.0. The lowest BCUT2D eigenvalue weighted by molar-refractivity contribution is -0.173. The van der Waals surface area contributed by atoms with E-state index in [-0.39, 0.29) is 49.0 Å². The van der Waals surface area contributed by atoms with Gasteiger partial charge in [0.2, 0.25) is 0 Å². The Balaban J connectivity index is 2.04. The minimum absolute atomic E-state index is 0.0519. The number of likely N-dealkylation sites (N-methyl/N-ethyl adjacent to an activating group) is 1. The molecule has 1 fully saturated rings. The quantitative estimate of drug-likeness (QED) is 0.173. The fourth-order valence-corrected chi connectivity index (χ4v) is 3.40. The molecule has 1 heterocycles. The van der Waals surface area contributed by atoms with Crippen molar-refractivity contribution >= 4 is 47.0 Å². The van der Waals surface area contributed by atoms with Crippen molar-refractivity contribution < 1.29 is 37.1 Å². The second-order valence-electron chi connectivity index (χ2n) is 7.18. The van der Waals surface area contributed by atoms with E-state index in [1.807, 2.05) is 5.32 Å². The number of hydrogen-bond donors (Lipinski definition) is 3. The minimum atomic E-state index is -3.18. The molecular weight excluding hydrogens is 479 g/mol. The average molecular weight is 506 g/mol. The van der Waals surface area contributed by atoms with E-state index >= 15 is 0 Å². The van der Waals surface area contributed by atoms with Gasteiger partial charge in [0.25, 0.3) is 11.8 Å². The molecule has 0 unspecified atom stereocenters. The molecule has 0 bridgehead atoms. The average Bonchev–Trinajstić information content (AvgIpc) is 3.15. The summed E-state index contributed by atoms with van der Waals surface area (Å²) in [5.74, 6) is -2.56. The largest absolute Gasteiger partial charge is 0.442 e. The third-order valence-corrected chi connectivity index (χ3v) is 5.09. The summed E-state index contributed by atoms with van der Waals surface area (Å²) in [5.41, 5.74) is 0.427. The van der Waals surface area contributed by atoms with E-state index < -0.39 is 36.3 Å². The van der Waals surface area contributed by atoms with Crippen molar-refractivity contribution in [1.82, 2.24) is 10.4 Å². The molecule has 1 atom stereocenters. The summed E-state index contributed by atoms with van der Waals surface area (Å²) in [5, 5.41) is 10.2. The number of alkyl halides is 2. The maximum Gasteiger partial charge on any atom is 0.414 e. The van der Waals surface area contributed by atoms with E-state index in [0.29, 0.717) is 6.54 Å². The van der Waals surface area contributed by atoms with Crippen molar-refractivity contribution in [1.29, 1.82) is 5.41 Å². The molecule has 2 N–H and O–H groups in total. The molecule has 0 aromatic heterocycles. The highest BCUT2D eigenvalue weighted by molar-refractivity contribution is 7.96. The number of nitrogens with one attached hydrogen (secondary N) is 2. The highest BCUT2D eigenvalue weighted by atomic mass is 32.1. The second-order valence-corrected chi connectivity index (χ2v) is 7.72. The van der Waals surface area contributed by atoms with Crippen LogP contribution in [0.3, 0.4) is 0 Å². The van der Waals surface area contributed by atoms with E-state index in [9.17, 15) is 27.6 Å². The number of carbonyl (C=O) groups excluding carboxylic acids is 3. The van der Waals surface area contributed by atoms with Gasteiger partial charge in [0, 0.05) is 13.1 Å². The number of ether oxygens (including phenoxy) is 1. The number of nitrogens with zero attached hydrogens (tertiary/aromatic N) is 3. The Bertz CT molecular complexity index is 923. The molecule has 1 saturated heterocycles. The first-order valence-electron chi connectivity index (χ1n) is 10.3. The van der Waals surface area contributed by atoms with Crippen molar-refractivity contribution in [3.8, 4) is 0 Å². The summed E-state index contributed by atoms with van der Waals surface area (Å²) >= 11 is 3.79. The lowest BCUT2D eigenvalue weighted by Crippen LogP contribution is -2.39. The summed E-state index contributed by atoms with van der Waals surface area (Å²) < 4.78 is 44.6. The predicted octanol–water partition coefficient (Wildman–Crippen LogP) is 2.05. The Morgan fingerprint density at radius 1 is 1.38 bits per heavy atom. The molecule has 0 aliphatic carbocycles. The Morgan fingerprint density at radius 3 is 2.65 bits per heavy atom. The van der Waals surface area contributed by atoms with E-state index in [2.05, 4.69) is 12.6 Å². The Labute approximate surface area is 199 Å². The monoisotopic (exact) mass is 505 g/mol. The van der Waals surface area contributed by atoms with Crippen LogP contribution in [0.25, 0.3) is 0 Å². The van der Waals surface area contributed by atoms with Gasteiger partial charge in [-0.3, -0.25) is 24.7 Å². The molecule has 3 amide bonds. The standard InChI is InChI=1S/C20H26F3N5O5S/c1-3-26(6-7-28(32-2)17(29)9-16(24)34)15-5-4-12(8-14(15)21)27-11-13(33-20(27)31)10-25-19(30)18(22)23/h4-5,8,13,18H,3,6-7,9-11H2,1-2H3,(H2,24,34)(H,25,30)/t13-/m0/s1. The molecular formula is C20H26F3N5O5S. The van der Waals surface area contributed by atoms with Crippen LogP contribution in [0.2, 0.25) is 0 Å². The zero-order chi connectivity index (χ0) is 25.4. The van der Waals surface area contributed by atoms with Crippen LogP contribution in [-0.2, 0) is 19.2 Å². The number of hydrogen-bond acceptors (Lipinski definition) is 7. The lowest BCUT2D eigenvalue weighted by atomic mass is 10.2. The maximum atomic E-state index is 14.9. The van der Waals surface area contributed by atoms with Gasteiger partial charge in [-0.25, -0.2) is 14.2 Å². The summed E-state index contributed by atoms with van der Waals surface area (Å²) in [7, 11) is 1.31. The van der Waals surface area contributed by atoms with Gasteiger partial charge in [-0.1, -0.05) is 0 Å². The van der Waals surface area contributed by atoms with Crippen LogP contribution in [0, 0.1) is 11.2 Å². The van der Waals surface area contributed by atoms with Gasteiger partial charge >= 0.3 is 12.5 Å². The van der Waals surface area contributed by atoms with E-state index in [1.165, 1.54) is 19.2 Å². The number of thiol groups is 1. The first-order chi connectivity index (χ1) is 16.1. The topological polar surface area (TPSA) is 115 Å². The molecule has 2 rings (SSSR count). The number of benzene rings is 1. The highest BCUT2D eigenvalue weighted by Crippen LogP contribution is 2.28. The van der Waals surface area contributed by atoms with Crippen molar-refractivity contribution in [2.24, 2.45) is 0 Å². The third kappa shape index (κ3) is 7.25. The number of halogens is 3. The van der Waals surface area contributed by atoms with Crippen molar-refractivity contribution in [3.63, 3.8) is 0 Å². The van der Waals surface area contributed by atoms with E-state index in [4.69, 9.17) is 15.0 Å². The smallest absolute Gasteiger partial charge is 0.414 e. The van der Waals surface area contributed by atoms with E-state index in [1.54, 1.807) is 11.8 Å². The zero-order valence-electron chi connectivity index (χ0n) is 18.6. The Kier molecular flexibility index (Phi) is 9.98. The number of anilines is 2. The van der Waals surface area contributed by atoms with Crippen LogP contribution in [0.4, 0.5) is 29.3 Å². The highest BCUT2D eigenvalue weighted by Gasteiger charge is 2.33. The molecule has 10 nitrogen and oxygen atoms in total. The molecule has 0 spiro atoms. The summed E-state index contributed by atoms with van der Waals surface area (Å²) in [6, 6.07) is 4.11. The fourth-order valence-electron chi connectivity index (χ4n) is 3.26. The number of cyclic esters (lactones) is 1. The van der Waals surface area contributed by atoms with Crippen LogP contribution in [0.5, 0.6) is 0 Å². The Morgan fingerprint density at radius 2 is 2.09 bits per heavy atom. The van der Waals surface area contributed by atoms with Crippen LogP contribution < -0.4 is 15.1 Å². The number of carbonyl (C=O) groups is 3. The molecule has 188 valence electrons. The zero-order valence-corrected chi connectivity index (χ0v) is 19.5. The van der Waals surface area contributed by atoms with Crippen molar-refractivity contribution in [3.05, 3.63) is 24.0 Å². The summed E-state index contributed by atoms with van der Waals surface area (Å²) in [6.07, 6.45) is -5.05. The fraction of sp³-hybridized carbons (Fsp3) is 0.500. The molecule has 1 aromatic rings. The van der Waals surface area contributed by atoms with Gasteiger partial charge in [-0.05, 0) is 25.1 Å². The number of amides is 3. The van der Waals surface area contributed by atoms with Crippen molar-refractivity contribution in [2.45, 2.75) is 25.9 Å². The molecule has 1 aliphatic heterocycles. The normalized spacial score (nSPS) is 15.3. The van der Waals surface area contributed by atoms with Crippen LogP contribution in [0.15, 0.2) is 18.2 Å².